The zero-order valence-electron chi connectivity index (χ0n) is 9.90. The van der Waals surface area contributed by atoms with Crippen molar-refractivity contribution in [3.05, 3.63) is 59.2 Å². The Morgan fingerprint density at radius 2 is 1.47 bits per heavy atom. The lowest BCUT2D eigenvalue weighted by Gasteiger charge is -2.09. The maximum absolute atomic E-state index is 10.8. The maximum atomic E-state index is 10.8. The summed E-state index contributed by atoms with van der Waals surface area (Å²) in [6.45, 7) is 4.13. The SMILES string of the molecule is Cc1cccc(C)c1-c1ccc(C(=O)O)cc1. The fourth-order valence-electron chi connectivity index (χ4n) is 2.05. The Morgan fingerprint density at radius 3 is 1.94 bits per heavy atom. The number of aromatic carboxylic acids is 1. The molecule has 0 unspecified atom stereocenters. The Hall–Kier alpha value is -2.09. The van der Waals surface area contributed by atoms with Crippen LogP contribution in [0.3, 0.4) is 0 Å². The lowest BCUT2D eigenvalue weighted by molar-refractivity contribution is 0.0697. The molecule has 0 aliphatic rings. The molecule has 0 amide bonds. The van der Waals surface area contributed by atoms with Gasteiger partial charge in [0.15, 0.2) is 0 Å². The molecule has 2 heteroatoms. The van der Waals surface area contributed by atoms with Crippen molar-refractivity contribution in [2.45, 2.75) is 13.8 Å². The Morgan fingerprint density at radius 1 is 0.941 bits per heavy atom. The lowest BCUT2D eigenvalue weighted by Crippen LogP contribution is -1.95. The first kappa shape index (κ1) is 11.4. The lowest BCUT2D eigenvalue weighted by atomic mass is 9.95. The molecule has 17 heavy (non-hydrogen) atoms. The minimum absolute atomic E-state index is 0.319. The summed E-state index contributed by atoms with van der Waals surface area (Å²) in [4.78, 5) is 10.8. The predicted octanol–water partition coefficient (Wildman–Crippen LogP) is 3.67. The van der Waals surface area contributed by atoms with E-state index in [0.717, 1.165) is 5.56 Å². The number of hydrogen-bond acceptors (Lipinski definition) is 1. The van der Waals surface area contributed by atoms with Gasteiger partial charge in [-0.05, 0) is 48.2 Å². The van der Waals surface area contributed by atoms with Crippen molar-refractivity contribution >= 4 is 5.97 Å². The minimum Gasteiger partial charge on any atom is -0.478 e. The summed E-state index contributed by atoms with van der Waals surface area (Å²) >= 11 is 0. The van der Waals surface area contributed by atoms with Crippen LogP contribution in [-0.4, -0.2) is 11.1 Å². The Balaban J connectivity index is 2.50. The average Bonchev–Trinajstić information content (AvgIpc) is 2.29. The van der Waals surface area contributed by atoms with Gasteiger partial charge in [0.1, 0.15) is 0 Å². The van der Waals surface area contributed by atoms with Gasteiger partial charge in [-0.1, -0.05) is 30.3 Å². The van der Waals surface area contributed by atoms with Gasteiger partial charge in [-0.25, -0.2) is 4.79 Å². The van der Waals surface area contributed by atoms with Crippen LogP contribution in [0.5, 0.6) is 0 Å². The highest BCUT2D eigenvalue weighted by Crippen LogP contribution is 2.27. The second kappa shape index (κ2) is 4.42. The van der Waals surface area contributed by atoms with Crippen molar-refractivity contribution in [3.8, 4) is 11.1 Å². The van der Waals surface area contributed by atoms with Crippen LogP contribution in [-0.2, 0) is 0 Å². The molecule has 2 aromatic rings. The van der Waals surface area contributed by atoms with Crippen molar-refractivity contribution < 1.29 is 9.90 Å². The van der Waals surface area contributed by atoms with E-state index in [2.05, 4.69) is 26.0 Å². The fourth-order valence-corrected chi connectivity index (χ4v) is 2.05. The van der Waals surface area contributed by atoms with Crippen molar-refractivity contribution in [1.29, 1.82) is 0 Å². The minimum atomic E-state index is -0.891. The molecule has 0 aromatic heterocycles. The van der Waals surface area contributed by atoms with E-state index < -0.39 is 5.97 Å². The van der Waals surface area contributed by atoms with Crippen LogP contribution in [0.1, 0.15) is 21.5 Å². The van der Waals surface area contributed by atoms with Gasteiger partial charge in [-0.15, -0.1) is 0 Å². The first-order valence-corrected chi connectivity index (χ1v) is 5.49. The summed E-state index contributed by atoms with van der Waals surface area (Å²) in [7, 11) is 0. The zero-order chi connectivity index (χ0) is 12.4. The molecule has 0 atom stereocenters. The van der Waals surface area contributed by atoms with E-state index in [-0.39, 0.29) is 0 Å². The molecule has 0 fully saturated rings. The summed E-state index contributed by atoms with van der Waals surface area (Å²) in [5.74, 6) is -0.891. The van der Waals surface area contributed by atoms with E-state index in [1.807, 2.05) is 18.2 Å². The van der Waals surface area contributed by atoms with Gasteiger partial charge < -0.3 is 5.11 Å². The molecular formula is C15H14O2. The third-order valence-electron chi connectivity index (χ3n) is 2.90. The monoisotopic (exact) mass is 226 g/mol. The van der Waals surface area contributed by atoms with E-state index >= 15 is 0 Å². The number of carboxylic acids is 1. The number of carbonyl (C=O) groups is 1. The van der Waals surface area contributed by atoms with Gasteiger partial charge in [0.2, 0.25) is 0 Å². The average molecular weight is 226 g/mol. The van der Waals surface area contributed by atoms with Gasteiger partial charge in [-0.2, -0.15) is 0 Å². The summed E-state index contributed by atoms with van der Waals surface area (Å²) in [6.07, 6.45) is 0. The highest BCUT2D eigenvalue weighted by molar-refractivity contribution is 5.88. The Labute approximate surface area is 101 Å². The number of rotatable bonds is 2. The van der Waals surface area contributed by atoms with Gasteiger partial charge in [-0.3, -0.25) is 0 Å². The molecule has 0 radical (unpaired) electrons. The third kappa shape index (κ3) is 2.21. The topological polar surface area (TPSA) is 37.3 Å². The standard InChI is InChI=1S/C15H14O2/c1-10-4-3-5-11(2)14(10)12-6-8-13(9-7-12)15(16)17/h3-9H,1-2H3,(H,16,17). The first-order chi connectivity index (χ1) is 8.09. The van der Waals surface area contributed by atoms with Crippen LogP contribution in [0, 0.1) is 13.8 Å². The molecule has 0 saturated carbocycles. The second-order valence-corrected chi connectivity index (χ2v) is 4.15. The molecule has 2 rings (SSSR count). The molecule has 0 heterocycles. The molecule has 2 aromatic carbocycles. The molecule has 1 N–H and O–H groups in total. The van der Waals surface area contributed by atoms with E-state index in [1.54, 1.807) is 12.1 Å². The second-order valence-electron chi connectivity index (χ2n) is 4.15. The smallest absolute Gasteiger partial charge is 0.335 e. The molecule has 86 valence electrons. The molecular weight excluding hydrogens is 212 g/mol. The van der Waals surface area contributed by atoms with Crippen LogP contribution in [0.4, 0.5) is 0 Å². The largest absolute Gasteiger partial charge is 0.478 e. The summed E-state index contributed by atoms with van der Waals surface area (Å²) in [5.41, 5.74) is 4.97. The van der Waals surface area contributed by atoms with Crippen LogP contribution < -0.4 is 0 Å². The van der Waals surface area contributed by atoms with Gasteiger partial charge in [0.05, 0.1) is 5.56 Å². The van der Waals surface area contributed by atoms with E-state index in [4.69, 9.17) is 5.11 Å². The highest BCUT2D eigenvalue weighted by atomic mass is 16.4. The first-order valence-electron chi connectivity index (χ1n) is 5.49. The predicted molar refractivity (Wildman–Crippen MR) is 68.3 cm³/mol. The third-order valence-corrected chi connectivity index (χ3v) is 2.90. The van der Waals surface area contributed by atoms with Crippen LogP contribution in [0.15, 0.2) is 42.5 Å². The van der Waals surface area contributed by atoms with Crippen LogP contribution in [0.2, 0.25) is 0 Å². The summed E-state index contributed by atoms with van der Waals surface area (Å²) in [5, 5.41) is 8.86. The van der Waals surface area contributed by atoms with Crippen molar-refractivity contribution in [2.24, 2.45) is 0 Å². The molecule has 0 aliphatic carbocycles. The van der Waals surface area contributed by atoms with Crippen LogP contribution >= 0.6 is 0 Å². The molecule has 2 nitrogen and oxygen atoms in total. The summed E-state index contributed by atoms with van der Waals surface area (Å²) < 4.78 is 0. The van der Waals surface area contributed by atoms with Crippen molar-refractivity contribution in [2.75, 3.05) is 0 Å². The number of benzene rings is 2. The number of carboxylic acid groups (broad SMARTS) is 1. The molecule has 0 bridgehead atoms. The highest BCUT2D eigenvalue weighted by Gasteiger charge is 2.06. The van der Waals surface area contributed by atoms with Gasteiger partial charge in [0, 0.05) is 0 Å². The van der Waals surface area contributed by atoms with E-state index in [9.17, 15) is 4.79 Å². The van der Waals surface area contributed by atoms with Crippen molar-refractivity contribution in [3.63, 3.8) is 0 Å². The molecule has 0 spiro atoms. The zero-order valence-corrected chi connectivity index (χ0v) is 9.90. The number of aryl methyl sites for hydroxylation is 2. The van der Waals surface area contributed by atoms with Gasteiger partial charge >= 0.3 is 5.97 Å². The van der Waals surface area contributed by atoms with Crippen molar-refractivity contribution in [1.82, 2.24) is 0 Å². The Kier molecular flexibility index (Phi) is 2.96. The van der Waals surface area contributed by atoms with Crippen LogP contribution in [0.25, 0.3) is 11.1 Å². The number of hydrogen-bond donors (Lipinski definition) is 1. The van der Waals surface area contributed by atoms with Gasteiger partial charge in [0.25, 0.3) is 0 Å². The fraction of sp³-hybridized carbons (Fsp3) is 0.133. The van der Waals surface area contributed by atoms with E-state index in [1.165, 1.54) is 16.7 Å². The quantitative estimate of drug-likeness (QED) is 0.848. The van der Waals surface area contributed by atoms with E-state index in [0.29, 0.717) is 5.56 Å². The normalized spacial score (nSPS) is 10.2. The molecule has 0 saturated heterocycles. The molecule has 0 aliphatic heterocycles. The maximum Gasteiger partial charge on any atom is 0.335 e. The Bertz CT molecular complexity index is 533. The summed E-state index contributed by atoms with van der Waals surface area (Å²) in [6, 6.07) is 13.2.